The molecule has 0 atom stereocenters. The fraction of sp³-hybridized carbons (Fsp3) is 0.742. The maximum Gasteiger partial charge on any atom is 0.226 e. The van der Waals surface area contributed by atoms with Gasteiger partial charge in [0.05, 0.1) is 0 Å². The van der Waals surface area contributed by atoms with Crippen LogP contribution in [0.15, 0.2) is 24.3 Å². The van der Waals surface area contributed by atoms with E-state index in [0.717, 1.165) is 12.8 Å². The van der Waals surface area contributed by atoms with Gasteiger partial charge in [-0.25, -0.2) is 0 Å². The summed E-state index contributed by atoms with van der Waals surface area (Å²) >= 11 is 0. The second kappa shape index (κ2) is 23.4. The molecule has 36 heavy (non-hydrogen) atoms. The SMILES string of the molecule is CCCCCCCCCCCCCCCCCCCCCC(=O)NCCC(=O)Nc1ccc(O)cc1. The molecular formula is C31H54N2O3. The molecule has 0 spiro atoms. The Hall–Kier alpha value is -2.04. The lowest BCUT2D eigenvalue weighted by atomic mass is 10.0. The van der Waals surface area contributed by atoms with Crippen LogP contribution in [0, 0.1) is 0 Å². The Morgan fingerprint density at radius 1 is 0.583 bits per heavy atom. The fourth-order valence-corrected chi connectivity index (χ4v) is 4.54. The van der Waals surface area contributed by atoms with Crippen LogP contribution in [0.1, 0.15) is 142 Å². The zero-order chi connectivity index (χ0) is 26.1. The number of hydrogen-bond acceptors (Lipinski definition) is 3. The maximum absolute atomic E-state index is 11.9. The number of phenols is 1. The van der Waals surface area contributed by atoms with Gasteiger partial charge in [0.25, 0.3) is 0 Å². The second-order valence-corrected chi connectivity index (χ2v) is 10.3. The summed E-state index contributed by atoms with van der Waals surface area (Å²) < 4.78 is 0. The van der Waals surface area contributed by atoms with Crippen LogP contribution in [0.4, 0.5) is 5.69 Å². The lowest BCUT2D eigenvalue weighted by Crippen LogP contribution is -2.27. The standard InChI is InChI=1S/C31H54N2O3/c1-2-3-4-5-6-7-8-9-10-11-12-13-14-15-16-17-18-19-20-21-30(35)32-27-26-31(36)33-28-22-24-29(34)25-23-28/h22-25,34H,2-21,26-27H2,1H3,(H,32,35)(H,33,36). The highest BCUT2D eigenvalue weighted by molar-refractivity contribution is 5.91. The van der Waals surface area contributed by atoms with Gasteiger partial charge in [0.2, 0.25) is 11.8 Å². The number of amides is 2. The zero-order valence-electron chi connectivity index (χ0n) is 23.1. The number of carbonyl (C=O) groups excluding carboxylic acids is 2. The minimum atomic E-state index is -0.149. The van der Waals surface area contributed by atoms with E-state index in [-0.39, 0.29) is 24.0 Å². The van der Waals surface area contributed by atoms with Crippen LogP contribution >= 0.6 is 0 Å². The summed E-state index contributed by atoms with van der Waals surface area (Å²) in [6.45, 7) is 2.63. The number of benzene rings is 1. The molecule has 0 radical (unpaired) electrons. The normalized spacial score (nSPS) is 10.9. The lowest BCUT2D eigenvalue weighted by molar-refractivity contribution is -0.121. The monoisotopic (exact) mass is 502 g/mol. The van der Waals surface area contributed by atoms with E-state index in [4.69, 9.17) is 0 Å². The van der Waals surface area contributed by atoms with E-state index >= 15 is 0 Å². The molecule has 2 amide bonds. The Morgan fingerprint density at radius 2 is 1.00 bits per heavy atom. The molecule has 1 aromatic carbocycles. The van der Waals surface area contributed by atoms with Crippen molar-refractivity contribution in [2.75, 3.05) is 11.9 Å². The molecule has 0 unspecified atom stereocenters. The second-order valence-electron chi connectivity index (χ2n) is 10.3. The van der Waals surface area contributed by atoms with E-state index in [0.29, 0.717) is 18.7 Å². The van der Waals surface area contributed by atoms with Gasteiger partial charge in [-0.05, 0) is 30.7 Å². The molecule has 0 aliphatic heterocycles. The molecule has 5 heteroatoms. The smallest absolute Gasteiger partial charge is 0.226 e. The van der Waals surface area contributed by atoms with Crippen molar-refractivity contribution in [1.82, 2.24) is 5.32 Å². The van der Waals surface area contributed by atoms with Crippen LogP contribution in [0.3, 0.4) is 0 Å². The summed E-state index contributed by atoms with van der Waals surface area (Å²) in [6, 6.07) is 6.34. The first-order valence-electron chi connectivity index (χ1n) is 15.0. The number of carbonyl (C=O) groups is 2. The number of unbranched alkanes of at least 4 members (excludes halogenated alkanes) is 18. The van der Waals surface area contributed by atoms with Gasteiger partial charge < -0.3 is 15.7 Å². The van der Waals surface area contributed by atoms with Crippen LogP contribution in [-0.4, -0.2) is 23.5 Å². The van der Waals surface area contributed by atoms with Crippen LogP contribution in [-0.2, 0) is 9.59 Å². The molecule has 1 rings (SSSR count). The van der Waals surface area contributed by atoms with Gasteiger partial charge in [-0.2, -0.15) is 0 Å². The molecule has 0 saturated carbocycles. The third-order valence-electron chi connectivity index (χ3n) is 6.83. The summed E-state index contributed by atoms with van der Waals surface area (Å²) in [6.07, 6.45) is 26.4. The minimum Gasteiger partial charge on any atom is -0.508 e. The molecule has 5 nitrogen and oxygen atoms in total. The molecule has 0 heterocycles. The molecule has 206 valence electrons. The molecule has 0 aliphatic rings. The number of phenolic OH excluding ortho intramolecular Hbond substituents is 1. The largest absolute Gasteiger partial charge is 0.508 e. The molecule has 0 saturated heterocycles. The summed E-state index contributed by atoms with van der Waals surface area (Å²) in [5.74, 6) is 0.0407. The van der Waals surface area contributed by atoms with Crippen LogP contribution < -0.4 is 10.6 Å². The first-order valence-corrected chi connectivity index (χ1v) is 15.0. The van der Waals surface area contributed by atoms with E-state index in [1.807, 2.05) is 0 Å². The van der Waals surface area contributed by atoms with Crippen molar-refractivity contribution in [3.05, 3.63) is 24.3 Å². The molecule has 0 aliphatic carbocycles. The predicted octanol–water partition coefficient (Wildman–Crippen LogP) is 8.66. The van der Waals surface area contributed by atoms with Crippen LogP contribution in [0.5, 0.6) is 5.75 Å². The van der Waals surface area contributed by atoms with Gasteiger partial charge in [-0.1, -0.05) is 122 Å². The van der Waals surface area contributed by atoms with Gasteiger partial charge >= 0.3 is 0 Å². The highest BCUT2D eigenvalue weighted by atomic mass is 16.3. The van der Waals surface area contributed by atoms with Crippen molar-refractivity contribution in [1.29, 1.82) is 0 Å². The number of aromatic hydroxyl groups is 1. The average Bonchev–Trinajstić information content (AvgIpc) is 2.87. The number of rotatable bonds is 24. The Balaban J connectivity index is 1.78. The van der Waals surface area contributed by atoms with Crippen molar-refractivity contribution in [3.63, 3.8) is 0 Å². The minimum absolute atomic E-state index is 0.0272. The Bertz CT molecular complexity index is 660. The first-order chi connectivity index (χ1) is 17.6. The van der Waals surface area contributed by atoms with Crippen molar-refractivity contribution in [3.8, 4) is 5.75 Å². The van der Waals surface area contributed by atoms with Crippen LogP contribution in [0.2, 0.25) is 0 Å². The molecule has 0 fully saturated rings. The van der Waals surface area contributed by atoms with Gasteiger partial charge in [-0.15, -0.1) is 0 Å². The van der Waals surface area contributed by atoms with Gasteiger partial charge in [0, 0.05) is 25.1 Å². The van der Waals surface area contributed by atoms with Crippen molar-refractivity contribution >= 4 is 17.5 Å². The summed E-state index contributed by atoms with van der Waals surface area (Å²) in [7, 11) is 0. The van der Waals surface area contributed by atoms with E-state index in [1.54, 1.807) is 12.1 Å². The summed E-state index contributed by atoms with van der Waals surface area (Å²) in [5, 5.41) is 14.8. The summed E-state index contributed by atoms with van der Waals surface area (Å²) in [4.78, 5) is 23.8. The molecular weight excluding hydrogens is 448 g/mol. The predicted molar refractivity (Wildman–Crippen MR) is 152 cm³/mol. The van der Waals surface area contributed by atoms with Crippen molar-refractivity contribution in [2.45, 2.75) is 142 Å². The van der Waals surface area contributed by atoms with E-state index in [1.165, 1.54) is 121 Å². The van der Waals surface area contributed by atoms with E-state index < -0.39 is 0 Å². The Morgan fingerprint density at radius 3 is 1.44 bits per heavy atom. The third-order valence-corrected chi connectivity index (χ3v) is 6.83. The number of nitrogens with one attached hydrogen (secondary N) is 2. The third kappa shape index (κ3) is 20.2. The van der Waals surface area contributed by atoms with Crippen molar-refractivity contribution < 1.29 is 14.7 Å². The van der Waals surface area contributed by atoms with Gasteiger partial charge in [-0.3, -0.25) is 9.59 Å². The highest BCUT2D eigenvalue weighted by Gasteiger charge is 2.05. The number of anilines is 1. The maximum atomic E-state index is 11.9. The molecule has 0 aromatic heterocycles. The van der Waals surface area contributed by atoms with E-state index in [2.05, 4.69) is 17.6 Å². The molecule has 0 bridgehead atoms. The van der Waals surface area contributed by atoms with Crippen molar-refractivity contribution in [2.24, 2.45) is 0 Å². The summed E-state index contributed by atoms with van der Waals surface area (Å²) in [5.41, 5.74) is 0.637. The molecule has 3 N–H and O–H groups in total. The average molecular weight is 503 g/mol. The van der Waals surface area contributed by atoms with Gasteiger partial charge in [0.1, 0.15) is 5.75 Å². The topological polar surface area (TPSA) is 78.4 Å². The fourth-order valence-electron chi connectivity index (χ4n) is 4.54. The Labute approximate surface area is 221 Å². The van der Waals surface area contributed by atoms with E-state index in [9.17, 15) is 14.7 Å². The zero-order valence-corrected chi connectivity index (χ0v) is 23.1. The first kappa shape index (κ1) is 32.0. The highest BCUT2D eigenvalue weighted by Crippen LogP contribution is 2.15. The lowest BCUT2D eigenvalue weighted by Gasteiger charge is -2.07. The quantitative estimate of drug-likeness (QED) is 0.0977. The Kier molecular flexibility index (Phi) is 20.8. The van der Waals surface area contributed by atoms with Crippen LogP contribution in [0.25, 0.3) is 0 Å². The number of hydrogen-bond donors (Lipinski definition) is 3. The van der Waals surface area contributed by atoms with Gasteiger partial charge in [0.15, 0.2) is 0 Å². The molecule has 1 aromatic rings.